The molecule has 0 radical (unpaired) electrons. The third kappa shape index (κ3) is 2.19. The highest BCUT2D eigenvalue weighted by molar-refractivity contribution is 7.20. The number of carbonyl (C=O) groups excluding carboxylic acids is 1. The zero-order valence-electron chi connectivity index (χ0n) is 10.2. The first-order chi connectivity index (χ1) is 9.28. The van der Waals surface area contributed by atoms with Crippen molar-refractivity contribution in [3.63, 3.8) is 0 Å². The van der Waals surface area contributed by atoms with Crippen molar-refractivity contribution in [2.24, 2.45) is 0 Å². The predicted molar refractivity (Wildman–Crippen MR) is 73.0 cm³/mol. The molecule has 0 saturated heterocycles. The van der Waals surface area contributed by atoms with Crippen LogP contribution in [0.2, 0.25) is 0 Å². The summed E-state index contributed by atoms with van der Waals surface area (Å²) >= 11 is 1.30. The van der Waals surface area contributed by atoms with Crippen molar-refractivity contribution >= 4 is 27.3 Å². The minimum Gasteiger partial charge on any atom is -0.301 e. The standard InChI is InChI=1S/C12H11N5OS/c1-2-9(18)13-11-16-17-10(14-15-12(17)19-11)8-6-4-3-5-7-8/h3-7H,2H2,1H3,(H,13,16,18). The van der Waals surface area contributed by atoms with E-state index in [1.165, 1.54) is 11.3 Å². The van der Waals surface area contributed by atoms with Gasteiger partial charge >= 0.3 is 0 Å². The summed E-state index contributed by atoms with van der Waals surface area (Å²) in [6.45, 7) is 1.80. The number of amides is 1. The molecule has 0 saturated carbocycles. The van der Waals surface area contributed by atoms with Crippen LogP contribution in [0.4, 0.5) is 5.13 Å². The number of benzene rings is 1. The molecule has 7 heteroatoms. The number of aromatic nitrogens is 4. The first kappa shape index (κ1) is 11.8. The largest absolute Gasteiger partial charge is 0.301 e. The molecule has 0 bridgehead atoms. The second kappa shape index (κ2) is 4.77. The van der Waals surface area contributed by atoms with Crippen LogP contribution in [0.3, 0.4) is 0 Å². The number of nitrogens with one attached hydrogen (secondary N) is 1. The normalized spacial score (nSPS) is 10.8. The van der Waals surface area contributed by atoms with Crippen molar-refractivity contribution in [1.29, 1.82) is 0 Å². The quantitative estimate of drug-likeness (QED) is 0.794. The van der Waals surface area contributed by atoms with Gasteiger partial charge in [-0.25, -0.2) is 0 Å². The van der Waals surface area contributed by atoms with E-state index in [4.69, 9.17) is 0 Å². The van der Waals surface area contributed by atoms with Crippen molar-refractivity contribution in [3.8, 4) is 11.4 Å². The fraction of sp³-hybridized carbons (Fsp3) is 0.167. The van der Waals surface area contributed by atoms with Gasteiger partial charge in [-0.15, -0.1) is 15.3 Å². The van der Waals surface area contributed by atoms with Crippen LogP contribution in [0, 0.1) is 0 Å². The Morgan fingerprint density at radius 3 is 2.84 bits per heavy atom. The van der Waals surface area contributed by atoms with Gasteiger partial charge in [0, 0.05) is 12.0 Å². The SMILES string of the molecule is CCC(=O)Nc1nn2c(-c3ccccc3)nnc2s1. The summed E-state index contributed by atoms with van der Waals surface area (Å²) in [6.07, 6.45) is 0.422. The lowest BCUT2D eigenvalue weighted by Gasteiger charge is -1.97. The van der Waals surface area contributed by atoms with Crippen LogP contribution in [0.1, 0.15) is 13.3 Å². The molecular weight excluding hydrogens is 262 g/mol. The number of hydrogen-bond acceptors (Lipinski definition) is 5. The maximum Gasteiger partial charge on any atom is 0.236 e. The Balaban J connectivity index is 2.01. The van der Waals surface area contributed by atoms with E-state index in [1.807, 2.05) is 30.3 Å². The fourth-order valence-corrected chi connectivity index (χ4v) is 2.40. The Hall–Kier alpha value is -2.28. The molecule has 2 heterocycles. The van der Waals surface area contributed by atoms with E-state index in [-0.39, 0.29) is 5.91 Å². The highest BCUT2D eigenvalue weighted by Crippen LogP contribution is 2.23. The number of hydrogen-bond donors (Lipinski definition) is 1. The molecule has 1 aromatic carbocycles. The van der Waals surface area contributed by atoms with Gasteiger partial charge in [-0.2, -0.15) is 4.52 Å². The second-order valence-electron chi connectivity index (χ2n) is 3.89. The molecule has 2 aromatic heterocycles. The molecular formula is C12H11N5OS. The molecule has 0 fully saturated rings. The number of fused-ring (bicyclic) bond motifs is 1. The van der Waals surface area contributed by atoms with E-state index < -0.39 is 0 Å². The van der Waals surface area contributed by atoms with E-state index in [2.05, 4.69) is 20.6 Å². The molecule has 19 heavy (non-hydrogen) atoms. The van der Waals surface area contributed by atoms with Crippen LogP contribution >= 0.6 is 11.3 Å². The van der Waals surface area contributed by atoms with Gasteiger partial charge in [0.2, 0.25) is 16.0 Å². The average Bonchev–Trinajstić information content (AvgIpc) is 2.99. The monoisotopic (exact) mass is 273 g/mol. The van der Waals surface area contributed by atoms with Gasteiger partial charge < -0.3 is 5.32 Å². The highest BCUT2D eigenvalue weighted by atomic mass is 32.1. The molecule has 0 spiro atoms. The second-order valence-corrected chi connectivity index (χ2v) is 4.85. The summed E-state index contributed by atoms with van der Waals surface area (Å²) in [7, 11) is 0. The molecule has 0 atom stereocenters. The number of carbonyl (C=O) groups is 1. The fourth-order valence-electron chi connectivity index (χ4n) is 1.64. The summed E-state index contributed by atoms with van der Waals surface area (Å²) < 4.78 is 1.64. The number of rotatable bonds is 3. The van der Waals surface area contributed by atoms with E-state index in [0.717, 1.165) is 5.56 Å². The average molecular weight is 273 g/mol. The van der Waals surface area contributed by atoms with E-state index >= 15 is 0 Å². The van der Waals surface area contributed by atoms with Crippen LogP contribution in [-0.4, -0.2) is 25.7 Å². The highest BCUT2D eigenvalue weighted by Gasteiger charge is 2.13. The first-order valence-electron chi connectivity index (χ1n) is 5.85. The van der Waals surface area contributed by atoms with Gasteiger partial charge in [0.25, 0.3) is 0 Å². The van der Waals surface area contributed by atoms with E-state index in [0.29, 0.717) is 22.3 Å². The van der Waals surface area contributed by atoms with Gasteiger partial charge in [0.15, 0.2) is 5.82 Å². The summed E-state index contributed by atoms with van der Waals surface area (Å²) in [5.74, 6) is 0.607. The van der Waals surface area contributed by atoms with Crippen molar-refractivity contribution in [1.82, 2.24) is 19.8 Å². The molecule has 0 aliphatic rings. The number of nitrogens with zero attached hydrogens (tertiary/aromatic N) is 4. The van der Waals surface area contributed by atoms with E-state index in [1.54, 1.807) is 11.4 Å². The van der Waals surface area contributed by atoms with E-state index in [9.17, 15) is 4.79 Å². The molecule has 0 aliphatic carbocycles. The third-order valence-electron chi connectivity index (χ3n) is 2.59. The topological polar surface area (TPSA) is 72.2 Å². The van der Waals surface area contributed by atoms with Gasteiger partial charge in [0.05, 0.1) is 0 Å². The van der Waals surface area contributed by atoms with Crippen LogP contribution < -0.4 is 5.32 Å². The summed E-state index contributed by atoms with van der Waals surface area (Å²) in [5.41, 5.74) is 0.939. The van der Waals surface area contributed by atoms with Gasteiger partial charge in [-0.3, -0.25) is 4.79 Å². The minimum absolute atomic E-state index is 0.0637. The lowest BCUT2D eigenvalue weighted by molar-refractivity contribution is -0.115. The van der Waals surface area contributed by atoms with Crippen LogP contribution in [0.25, 0.3) is 16.3 Å². The van der Waals surface area contributed by atoms with Gasteiger partial charge in [0.1, 0.15) is 0 Å². The van der Waals surface area contributed by atoms with Crippen molar-refractivity contribution in [2.75, 3.05) is 5.32 Å². The zero-order valence-corrected chi connectivity index (χ0v) is 11.0. The van der Waals surface area contributed by atoms with Crippen molar-refractivity contribution in [3.05, 3.63) is 30.3 Å². The molecule has 3 aromatic rings. The van der Waals surface area contributed by atoms with Crippen molar-refractivity contribution in [2.45, 2.75) is 13.3 Å². The maximum absolute atomic E-state index is 11.3. The lowest BCUT2D eigenvalue weighted by Crippen LogP contribution is -2.09. The Morgan fingerprint density at radius 2 is 2.11 bits per heavy atom. The molecule has 1 N–H and O–H groups in total. The van der Waals surface area contributed by atoms with Gasteiger partial charge in [-0.1, -0.05) is 48.6 Å². The Morgan fingerprint density at radius 1 is 1.32 bits per heavy atom. The third-order valence-corrected chi connectivity index (χ3v) is 3.40. The molecule has 3 rings (SSSR count). The smallest absolute Gasteiger partial charge is 0.236 e. The minimum atomic E-state index is -0.0637. The zero-order chi connectivity index (χ0) is 13.2. The molecule has 0 unspecified atom stereocenters. The lowest BCUT2D eigenvalue weighted by atomic mass is 10.2. The molecule has 6 nitrogen and oxygen atoms in total. The number of anilines is 1. The van der Waals surface area contributed by atoms with Crippen LogP contribution in [0.15, 0.2) is 30.3 Å². The first-order valence-corrected chi connectivity index (χ1v) is 6.67. The van der Waals surface area contributed by atoms with Crippen LogP contribution in [-0.2, 0) is 4.79 Å². The molecule has 0 aliphatic heterocycles. The summed E-state index contributed by atoms with van der Waals surface area (Å²) in [4.78, 5) is 12.0. The summed E-state index contributed by atoms with van der Waals surface area (Å²) in [5, 5.41) is 15.8. The van der Waals surface area contributed by atoms with Crippen LogP contribution in [0.5, 0.6) is 0 Å². The molecule has 96 valence electrons. The Kier molecular flexibility index (Phi) is 2.96. The maximum atomic E-state index is 11.3. The van der Waals surface area contributed by atoms with Gasteiger partial charge in [-0.05, 0) is 0 Å². The summed E-state index contributed by atoms with van der Waals surface area (Å²) in [6, 6.07) is 9.70. The predicted octanol–water partition coefficient (Wildman–Crippen LogP) is 2.20. The Bertz CT molecular complexity index is 718. The Labute approximate surface area is 113 Å². The van der Waals surface area contributed by atoms with Crippen molar-refractivity contribution < 1.29 is 4.79 Å². The molecule has 1 amide bonds.